The molecule has 2 unspecified atom stereocenters. The number of aliphatic hydroxyl groups is 2. The molecule has 0 aliphatic carbocycles. The second kappa shape index (κ2) is 9.50. The fourth-order valence-electron chi connectivity index (χ4n) is 2.17. The fraction of sp³-hybridized carbons (Fsp3) is 0.625. The summed E-state index contributed by atoms with van der Waals surface area (Å²) in [5, 5.41) is 19.4. The van der Waals surface area contributed by atoms with Gasteiger partial charge in [0.05, 0.1) is 25.9 Å². The quantitative estimate of drug-likeness (QED) is 0.608. The van der Waals surface area contributed by atoms with Gasteiger partial charge in [0.25, 0.3) is 0 Å². The van der Waals surface area contributed by atoms with Gasteiger partial charge in [-0.3, -0.25) is 0 Å². The van der Waals surface area contributed by atoms with E-state index in [1.807, 2.05) is 20.8 Å². The number of rotatable bonds is 10. The maximum atomic E-state index is 10.4. The van der Waals surface area contributed by atoms with E-state index in [4.69, 9.17) is 25.1 Å². The first-order valence-corrected chi connectivity index (χ1v) is 7.70. The molecule has 126 valence electrons. The summed E-state index contributed by atoms with van der Waals surface area (Å²) in [6.45, 7) is 6.89. The van der Waals surface area contributed by atoms with Crippen molar-refractivity contribution in [2.45, 2.75) is 39.3 Å². The number of nitrogens with two attached hydrogens (primary N) is 1. The lowest BCUT2D eigenvalue weighted by Gasteiger charge is -2.24. The summed E-state index contributed by atoms with van der Waals surface area (Å²) in [4.78, 5) is 0. The van der Waals surface area contributed by atoms with Crippen LogP contribution in [0.2, 0.25) is 0 Å². The third kappa shape index (κ3) is 4.50. The van der Waals surface area contributed by atoms with Crippen molar-refractivity contribution in [1.29, 1.82) is 0 Å². The maximum Gasteiger partial charge on any atom is 0.203 e. The van der Waals surface area contributed by atoms with E-state index < -0.39 is 12.1 Å². The van der Waals surface area contributed by atoms with E-state index in [-0.39, 0.29) is 6.61 Å². The van der Waals surface area contributed by atoms with Crippen LogP contribution in [0.5, 0.6) is 17.2 Å². The maximum absolute atomic E-state index is 10.4. The lowest BCUT2D eigenvalue weighted by Crippen LogP contribution is -2.29. The zero-order chi connectivity index (χ0) is 16.5. The molecule has 1 aromatic rings. The molecule has 0 heterocycles. The Bertz CT molecular complexity index is 452. The van der Waals surface area contributed by atoms with E-state index in [1.165, 1.54) is 0 Å². The molecule has 0 saturated heterocycles. The number of benzene rings is 1. The summed E-state index contributed by atoms with van der Waals surface area (Å²) in [6.07, 6.45) is -0.659. The van der Waals surface area contributed by atoms with Crippen LogP contribution in [-0.4, -0.2) is 42.7 Å². The molecule has 1 aromatic carbocycles. The zero-order valence-corrected chi connectivity index (χ0v) is 13.5. The Balaban J connectivity index is 3.28. The summed E-state index contributed by atoms with van der Waals surface area (Å²) in [6, 6.07) is 2.87. The molecule has 2 atom stereocenters. The Morgan fingerprint density at radius 3 is 2.14 bits per heavy atom. The monoisotopic (exact) mass is 313 g/mol. The second-order valence-corrected chi connectivity index (χ2v) is 4.73. The Morgan fingerprint density at radius 1 is 1.00 bits per heavy atom. The van der Waals surface area contributed by atoms with Crippen LogP contribution in [0.1, 0.15) is 38.9 Å². The summed E-state index contributed by atoms with van der Waals surface area (Å²) < 4.78 is 16.9. The summed E-state index contributed by atoms with van der Waals surface area (Å²) in [5.74, 6) is 1.48. The lowest BCUT2D eigenvalue weighted by atomic mass is 9.99. The molecule has 0 aliphatic rings. The van der Waals surface area contributed by atoms with Crippen LogP contribution in [0.4, 0.5) is 0 Å². The highest BCUT2D eigenvalue weighted by Gasteiger charge is 2.25. The van der Waals surface area contributed by atoms with Crippen molar-refractivity contribution < 1.29 is 24.4 Å². The average molecular weight is 313 g/mol. The van der Waals surface area contributed by atoms with Gasteiger partial charge in [-0.05, 0) is 39.3 Å². The van der Waals surface area contributed by atoms with Crippen LogP contribution in [0, 0.1) is 0 Å². The highest BCUT2D eigenvalue weighted by molar-refractivity contribution is 5.56. The molecule has 0 spiro atoms. The minimum absolute atomic E-state index is 0.0858. The SMILES string of the molecule is CCOc1ccc(C(O)C(N)CCO)c(OCC)c1OCC. The molecule has 0 radical (unpaired) electrons. The molecule has 0 bridgehead atoms. The van der Waals surface area contributed by atoms with E-state index >= 15 is 0 Å². The molecule has 0 amide bonds. The van der Waals surface area contributed by atoms with Gasteiger partial charge in [0.15, 0.2) is 11.5 Å². The van der Waals surface area contributed by atoms with Crippen molar-refractivity contribution in [3.05, 3.63) is 17.7 Å². The topological polar surface area (TPSA) is 94.2 Å². The van der Waals surface area contributed by atoms with Gasteiger partial charge in [-0.1, -0.05) is 0 Å². The van der Waals surface area contributed by atoms with Crippen molar-refractivity contribution in [1.82, 2.24) is 0 Å². The van der Waals surface area contributed by atoms with Crippen molar-refractivity contribution >= 4 is 0 Å². The molecule has 6 nitrogen and oxygen atoms in total. The third-order valence-electron chi connectivity index (χ3n) is 3.17. The Morgan fingerprint density at radius 2 is 1.59 bits per heavy atom. The molecule has 1 rings (SSSR count). The molecule has 4 N–H and O–H groups in total. The van der Waals surface area contributed by atoms with Crippen molar-refractivity contribution in [3.63, 3.8) is 0 Å². The predicted molar refractivity (Wildman–Crippen MR) is 84.6 cm³/mol. The van der Waals surface area contributed by atoms with Gasteiger partial charge in [0.1, 0.15) is 0 Å². The Kier molecular flexibility index (Phi) is 8.01. The highest BCUT2D eigenvalue weighted by Crippen LogP contribution is 2.43. The highest BCUT2D eigenvalue weighted by atomic mass is 16.5. The average Bonchev–Trinajstić information content (AvgIpc) is 2.50. The third-order valence-corrected chi connectivity index (χ3v) is 3.17. The summed E-state index contributed by atoms with van der Waals surface area (Å²) in [7, 11) is 0. The number of aliphatic hydroxyl groups excluding tert-OH is 2. The molecule has 0 aromatic heterocycles. The molecule has 22 heavy (non-hydrogen) atoms. The van der Waals surface area contributed by atoms with E-state index in [0.29, 0.717) is 49.1 Å². The molecule has 0 saturated carbocycles. The fourth-order valence-corrected chi connectivity index (χ4v) is 2.17. The van der Waals surface area contributed by atoms with Crippen LogP contribution < -0.4 is 19.9 Å². The summed E-state index contributed by atoms with van der Waals surface area (Å²) >= 11 is 0. The van der Waals surface area contributed by atoms with E-state index in [1.54, 1.807) is 12.1 Å². The number of hydrogen-bond donors (Lipinski definition) is 3. The Labute approximate surface area is 131 Å². The smallest absolute Gasteiger partial charge is 0.203 e. The minimum Gasteiger partial charge on any atom is -0.490 e. The van der Waals surface area contributed by atoms with Crippen LogP contribution in [-0.2, 0) is 0 Å². The van der Waals surface area contributed by atoms with Crippen LogP contribution in [0.25, 0.3) is 0 Å². The molecule has 6 heteroatoms. The van der Waals surface area contributed by atoms with Crippen molar-refractivity contribution in [2.24, 2.45) is 5.73 Å². The predicted octanol–water partition coefficient (Wildman–Crippen LogP) is 1.63. The van der Waals surface area contributed by atoms with Gasteiger partial charge in [0.2, 0.25) is 5.75 Å². The number of hydrogen-bond acceptors (Lipinski definition) is 6. The minimum atomic E-state index is -0.955. The van der Waals surface area contributed by atoms with Crippen molar-refractivity contribution in [3.8, 4) is 17.2 Å². The molecule has 0 fully saturated rings. The van der Waals surface area contributed by atoms with Gasteiger partial charge < -0.3 is 30.2 Å². The van der Waals surface area contributed by atoms with Crippen LogP contribution >= 0.6 is 0 Å². The van der Waals surface area contributed by atoms with Gasteiger partial charge in [-0.15, -0.1) is 0 Å². The largest absolute Gasteiger partial charge is 0.490 e. The molecular formula is C16H27NO5. The van der Waals surface area contributed by atoms with Gasteiger partial charge in [-0.25, -0.2) is 0 Å². The Hall–Kier alpha value is -1.50. The van der Waals surface area contributed by atoms with E-state index in [0.717, 1.165) is 0 Å². The van der Waals surface area contributed by atoms with Gasteiger partial charge in [-0.2, -0.15) is 0 Å². The van der Waals surface area contributed by atoms with E-state index in [2.05, 4.69) is 0 Å². The number of ether oxygens (including phenoxy) is 3. The molecular weight excluding hydrogens is 286 g/mol. The first-order chi connectivity index (χ1) is 10.6. The first-order valence-electron chi connectivity index (χ1n) is 7.70. The van der Waals surface area contributed by atoms with Gasteiger partial charge in [0, 0.05) is 18.2 Å². The lowest BCUT2D eigenvalue weighted by molar-refractivity contribution is 0.124. The molecule has 0 aliphatic heterocycles. The van der Waals surface area contributed by atoms with Crippen LogP contribution in [0.15, 0.2) is 12.1 Å². The standard InChI is InChI=1S/C16H27NO5/c1-4-20-13-8-7-11(14(19)12(17)9-10-18)15(21-5-2)16(13)22-6-3/h7-8,12,14,18-19H,4-6,9-10,17H2,1-3H3. The second-order valence-electron chi connectivity index (χ2n) is 4.73. The zero-order valence-electron chi connectivity index (χ0n) is 13.5. The van der Waals surface area contributed by atoms with E-state index in [9.17, 15) is 5.11 Å². The van der Waals surface area contributed by atoms with Crippen molar-refractivity contribution in [2.75, 3.05) is 26.4 Å². The first kappa shape index (κ1) is 18.5. The van der Waals surface area contributed by atoms with Gasteiger partial charge >= 0.3 is 0 Å². The van der Waals surface area contributed by atoms with Crippen LogP contribution in [0.3, 0.4) is 0 Å². The summed E-state index contributed by atoms with van der Waals surface area (Å²) in [5.41, 5.74) is 6.44. The normalized spacial score (nSPS) is 13.5.